The van der Waals surface area contributed by atoms with Crippen LogP contribution in [-0.4, -0.2) is 5.75 Å². The minimum atomic E-state index is 1.22. The average molecular weight is 117 g/mol. The highest BCUT2D eigenvalue weighted by atomic mass is 32.2. The maximum atomic E-state index is 2.19. The molecule has 0 nitrogen and oxygen atoms in total. The van der Waals surface area contributed by atoms with Crippen LogP contribution in [0.4, 0.5) is 0 Å². The van der Waals surface area contributed by atoms with Crippen molar-refractivity contribution in [1.29, 1.82) is 0 Å². The van der Waals surface area contributed by atoms with E-state index in [2.05, 4.69) is 20.8 Å². The fourth-order valence-corrected chi connectivity index (χ4v) is 1.05. The fourth-order valence-electron chi connectivity index (χ4n) is 0.348. The van der Waals surface area contributed by atoms with E-state index in [0.29, 0.717) is 0 Å². The van der Waals surface area contributed by atoms with Gasteiger partial charge in [0.25, 0.3) is 0 Å². The van der Waals surface area contributed by atoms with Gasteiger partial charge in [-0.3, -0.25) is 0 Å². The zero-order chi connectivity index (χ0) is 5.70. The summed E-state index contributed by atoms with van der Waals surface area (Å²) in [4.78, 5) is 0. The van der Waals surface area contributed by atoms with Crippen molar-refractivity contribution in [2.45, 2.75) is 27.2 Å². The summed E-state index contributed by atoms with van der Waals surface area (Å²) in [5.41, 5.74) is 0. The molecule has 43 valence electrons. The Labute approximate surface area is 50.7 Å². The average Bonchev–Trinajstić information content (AvgIpc) is 1.68. The van der Waals surface area contributed by atoms with E-state index in [1.807, 2.05) is 11.8 Å². The van der Waals surface area contributed by atoms with Crippen LogP contribution in [0.2, 0.25) is 0 Å². The fraction of sp³-hybridized carbons (Fsp3) is 0.833. The molecule has 0 bridgehead atoms. The largest absolute Gasteiger partial charge is 0.154 e. The third-order valence-electron chi connectivity index (χ3n) is 0.889. The Kier molecular flexibility index (Phi) is 4.73. The van der Waals surface area contributed by atoms with Crippen LogP contribution in [0.1, 0.15) is 27.2 Å². The van der Waals surface area contributed by atoms with Gasteiger partial charge in [0, 0.05) is 5.25 Å². The van der Waals surface area contributed by atoms with Gasteiger partial charge in [0.1, 0.15) is 0 Å². The van der Waals surface area contributed by atoms with Crippen LogP contribution in [-0.2, 0) is 0 Å². The summed E-state index contributed by atoms with van der Waals surface area (Å²) in [6, 6.07) is 0. The topological polar surface area (TPSA) is 0 Å². The third kappa shape index (κ3) is 4.20. The zero-order valence-electron chi connectivity index (χ0n) is 5.32. The lowest BCUT2D eigenvalue weighted by molar-refractivity contribution is 1.05. The Bertz CT molecular complexity index is 35.2. The molecule has 0 unspecified atom stereocenters. The number of hydrogen-bond donors (Lipinski definition) is 0. The number of hydrogen-bond acceptors (Lipinski definition) is 1. The van der Waals surface area contributed by atoms with Crippen molar-refractivity contribution in [3.8, 4) is 0 Å². The first kappa shape index (κ1) is 7.35. The van der Waals surface area contributed by atoms with Crippen LogP contribution >= 0.6 is 11.8 Å². The molecule has 1 heteroatoms. The summed E-state index contributed by atoms with van der Waals surface area (Å²) < 4.78 is 0. The lowest BCUT2D eigenvalue weighted by atomic mass is 10.4. The van der Waals surface area contributed by atoms with Gasteiger partial charge in [-0.2, -0.15) is 11.8 Å². The number of rotatable bonds is 3. The minimum Gasteiger partial charge on any atom is -0.154 e. The van der Waals surface area contributed by atoms with E-state index < -0.39 is 0 Å². The lowest BCUT2D eigenvalue weighted by Crippen LogP contribution is -1.79. The third-order valence-corrected chi connectivity index (χ3v) is 1.96. The van der Waals surface area contributed by atoms with Crippen LogP contribution in [0.15, 0.2) is 0 Å². The summed E-state index contributed by atoms with van der Waals surface area (Å²) in [6.45, 7) is 6.57. The Morgan fingerprint density at radius 1 is 1.43 bits per heavy atom. The molecule has 0 aliphatic carbocycles. The Hall–Kier alpha value is 0.350. The molecule has 0 saturated heterocycles. The van der Waals surface area contributed by atoms with Gasteiger partial charge < -0.3 is 0 Å². The van der Waals surface area contributed by atoms with Crippen LogP contribution in [0, 0.1) is 5.25 Å². The predicted octanol–water partition coefficient (Wildman–Crippen LogP) is 2.70. The number of thioether (sulfide) groups is 1. The molecular formula is C6H13S. The maximum absolute atomic E-state index is 2.19. The van der Waals surface area contributed by atoms with Crippen molar-refractivity contribution in [2.24, 2.45) is 0 Å². The summed E-state index contributed by atoms with van der Waals surface area (Å²) >= 11 is 1.95. The van der Waals surface area contributed by atoms with Crippen molar-refractivity contribution in [1.82, 2.24) is 0 Å². The molecular weight excluding hydrogens is 104 g/mol. The summed E-state index contributed by atoms with van der Waals surface area (Å²) in [5.74, 6) is 1.22. The van der Waals surface area contributed by atoms with Crippen molar-refractivity contribution < 1.29 is 0 Å². The molecule has 0 aromatic heterocycles. The van der Waals surface area contributed by atoms with E-state index in [0.717, 1.165) is 0 Å². The summed E-state index contributed by atoms with van der Waals surface area (Å²) in [5, 5.41) is 1.54. The highest BCUT2D eigenvalue weighted by Gasteiger charge is 1.93. The molecule has 0 heterocycles. The van der Waals surface area contributed by atoms with E-state index in [1.54, 1.807) is 5.25 Å². The first-order chi connectivity index (χ1) is 3.31. The maximum Gasteiger partial charge on any atom is 0.0273 e. The van der Waals surface area contributed by atoms with Gasteiger partial charge in [0.05, 0.1) is 0 Å². The lowest BCUT2D eigenvalue weighted by Gasteiger charge is -2.01. The van der Waals surface area contributed by atoms with Gasteiger partial charge in [0.15, 0.2) is 0 Å². The summed E-state index contributed by atoms with van der Waals surface area (Å²) in [7, 11) is 0. The van der Waals surface area contributed by atoms with E-state index in [-0.39, 0.29) is 0 Å². The van der Waals surface area contributed by atoms with Crippen molar-refractivity contribution in [3.05, 3.63) is 5.25 Å². The smallest absolute Gasteiger partial charge is 0.0273 e. The van der Waals surface area contributed by atoms with E-state index in [4.69, 9.17) is 0 Å². The molecule has 0 aromatic rings. The molecule has 0 rings (SSSR count). The van der Waals surface area contributed by atoms with Gasteiger partial charge in [0.2, 0.25) is 0 Å². The second-order valence-electron chi connectivity index (χ2n) is 1.49. The molecule has 0 N–H and O–H groups in total. The Morgan fingerprint density at radius 3 is 2.14 bits per heavy atom. The SMILES string of the molecule is CCS[C](C)CC. The first-order valence-electron chi connectivity index (χ1n) is 2.76. The Morgan fingerprint density at radius 2 is 2.00 bits per heavy atom. The van der Waals surface area contributed by atoms with Crippen LogP contribution < -0.4 is 0 Å². The van der Waals surface area contributed by atoms with Gasteiger partial charge >= 0.3 is 0 Å². The van der Waals surface area contributed by atoms with E-state index in [9.17, 15) is 0 Å². The predicted molar refractivity (Wildman–Crippen MR) is 37.3 cm³/mol. The monoisotopic (exact) mass is 117 g/mol. The van der Waals surface area contributed by atoms with Crippen LogP contribution in [0.5, 0.6) is 0 Å². The second-order valence-corrected chi connectivity index (χ2v) is 3.05. The van der Waals surface area contributed by atoms with Crippen molar-refractivity contribution >= 4 is 11.8 Å². The second kappa shape index (κ2) is 4.51. The first-order valence-corrected chi connectivity index (χ1v) is 3.75. The van der Waals surface area contributed by atoms with Crippen molar-refractivity contribution in [3.63, 3.8) is 0 Å². The molecule has 0 aromatic carbocycles. The molecule has 0 aliphatic rings. The van der Waals surface area contributed by atoms with Gasteiger partial charge in [-0.1, -0.05) is 13.8 Å². The standard InChI is InChI=1S/C6H13S/c1-4-6(3)7-5-2/h4-5H2,1-3H3. The van der Waals surface area contributed by atoms with Crippen molar-refractivity contribution in [2.75, 3.05) is 5.75 Å². The highest BCUT2D eigenvalue weighted by Crippen LogP contribution is 2.19. The van der Waals surface area contributed by atoms with Crippen LogP contribution in [0.25, 0.3) is 0 Å². The van der Waals surface area contributed by atoms with Gasteiger partial charge in [-0.15, -0.1) is 0 Å². The molecule has 0 amide bonds. The quantitative estimate of drug-likeness (QED) is 0.547. The molecule has 0 spiro atoms. The molecule has 7 heavy (non-hydrogen) atoms. The van der Waals surface area contributed by atoms with Gasteiger partial charge in [-0.25, -0.2) is 0 Å². The summed E-state index contributed by atoms with van der Waals surface area (Å²) in [6.07, 6.45) is 1.22. The normalized spacial score (nSPS) is 10.3. The highest BCUT2D eigenvalue weighted by molar-refractivity contribution is 8.02. The molecule has 0 fully saturated rings. The molecule has 0 atom stereocenters. The van der Waals surface area contributed by atoms with Crippen LogP contribution in [0.3, 0.4) is 0 Å². The Balaban J connectivity index is 2.83. The molecule has 0 saturated carbocycles. The van der Waals surface area contributed by atoms with E-state index in [1.165, 1.54) is 12.2 Å². The molecule has 0 aliphatic heterocycles. The van der Waals surface area contributed by atoms with E-state index >= 15 is 0 Å². The molecule has 1 radical (unpaired) electrons. The van der Waals surface area contributed by atoms with Gasteiger partial charge in [-0.05, 0) is 19.1 Å². The zero-order valence-corrected chi connectivity index (χ0v) is 6.14. The minimum absolute atomic E-state index is 1.22.